The summed E-state index contributed by atoms with van der Waals surface area (Å²) in [6.45, 7) is 1.88. The van der Waals surface area contributed by atoms with Gasteiger partial charge in [0.1, 0.15) is 0 Å². The molecule has 3 aromatic rings. The highest BCUT2D eigenvalue weighted by Gasteiger charge is 2.17. The lowest BCUT2D eigenvalue weighted by Gasteiger charge is -2.24. The third-order valence-corrected chi connectivity index (χ3v) is 5.52. The van der Waals surface area contributed by atoms with Crippen LogP contribution in [0.15, 0.2) is 60.0 Å². The Hall–Kier alpha value is -3.10. The van der Waals surface area contributed by atoms with Crippen molar-refractivity contribution in [3.63, 3.8) is 0 Å². The molecular formula is C22H21F2N3O2S. The summed E-state index contributed by atoms with van der Waals surface area (Å²) in [5.74, 6) is -2.25. The lowest BCUT2D eigenvalue weighted by atomic mass is 10.1. The number of likely N-dealkylation sites (N-methyl/N-ethyl adjacent to an activating group) is 1. The average Bonchev–Trinajstić information content (AvgIpc) is 3.26. The molecule has 0 aliphatic heterocycles. The van der Waals surface area contributed by atoms with Crippen LogP contribution in [0.4, 0.5) is 20.2 Å². The quantitative estimate of drug-likeness (QED) is 0.561. The maximum Gasteiger partial charge on any atom is 0.265 e. The molecule has 0 fully saturated rings. The summed E-state index contributed by atoms with van der Waals surface area (Å²) in [7, 11) is 1.73. The summed E-state index contributed by atoms with van der Waals surface area (Å²) >= 11 is 1.36. The molecule has 156 valence electrons. The molecule has 5 nitrogen and oxygen atoms in total. The molecule has 2 amide bonds. The molecule has 8 heteroatoms. The van der Waals surface area contributed by atoms with Crippen LogP contribution >= 0.6 is 11.3 Å². The SMILES string of the molecule is CC(c1ccc(F)c(F)c1)N(C)CC(=O)Nc1ccc(NC(=O)c2cccs2)cc1. The minimum Gasteiger partial charge on any atom is -0.325 e. The first-order valence-corrected chi connectivity index (χ1v) is 10.1. The monoisotopic (exact) mass is 429 g/mol. The Labute approximate surface area is 177 Å². The van der Waals surface area contributed by atoms with E-state index in [9.17, 15) is 18.4 Å². The third-order valence-electron chi connectivity index (χ3n) is 4.65. The number of carbonyl (C=O) groups is 2. The van der Waals surface area contributed by atoms with E-state index in [1.807, 2.05) is 18.4 Å². The fraction of sp³-hybridized carbons (Fsp3) is 0.182. The number of hydrogen-bond donors (Lipinski definition) is 2. The molecular weight excluding hydrogens is 408 g/mol. The minimum atomic E-state index is -0.913. The van der Waals surface area contributed by atoms with Crippen LogP contribution in [0.2, 0.25) is 0 Å². The van der Waals surface area contributed by atoms with Gasteiger partial charge in [0.2, 0.25) is 5.91 Å². The van der Waals surface area contributed by atoms with Crippen molar-refractivity contribution in [1.29, 1.82) is 0 Å². The normalized spacial score (nSPS) is 11.9. The summed E-state index contributed by atoms with van der Waals surface area (Å²) in [5.41, 5.74) is 1.79. The van der Waals surface area contributed by atoms with E-state index in [0.29, 0.717) is 21.8 Å². The number of thiophene rings is 1. The Morgan fingerprint density at radius 3 is 2.27 bits per heavy atom. The summed E-state index contributed by atoms with van der Waals surface area (Å²) in [5, 5.41) is 7.41. The molecule has 30 heavy (non-hydrogen) atoms. The highest BCUT2D eigenvalue weighted by atomic mass is 32.1. The lowest BCUT2D eigenvalue weighted by Crippen LogP contribution is -2.32. The van der Waals surface area contributed by atoms with Gasteiger partial charge in [-0.1, -0.05) is 12.1 Å². The molecule has 0 radical (unpaired) electrons. The van der Waals surface area contributed by atoms with E-state index in [0.717, 1.165) is 12.1 Å². The van der Waals surface area contributed by atoms with Crippen molar-refractivity contribution in [2.24, 2.45) is 0 Å². The molecule has 3 rings (SSSR count). The molecule has 0 spiro atoms. The van der Waals surface area contributed by atoms with Gasteiger partial charge in [-0.2, -0.15) is 0 Å². The predicted octanol–water partition coefficient (Wildman–Crippen LogP) is 4.91. The Kier molecular flexibility index (Phi) is 6.91. The zero-order valence-electron chi connectivity index (χ0n) is 16.5. The average molecular weight is 429 g/mol. The molecule has 2 N–H and O–H groups in total. The maximum atomic E-state index is 13.4. The molecule has 0 saturated carbocycles. The molecule has 0 aliphatic carbocycles. The summed E-state index contributed by atoms with van der Waals surface area (Å²) in [4.78, 5) is 26.8. The number of amides is 2. The van der Waals surface area contributed by atoms with Gasteiger partial charge in [0.25, 0.3) is 5.91 Å². The van der Waals surface area contributed by atoms with Crippen LogP contribution in [0.3, 0.4) is 0 Å². The van der Waals surface area contributed by atoms with Crippen molar-refractivity contribution in [3.8, 4) is 0 Å². The minimum absolute atomic E-state index is 0.0665. The van der Waals surface area contributed by atoms with Crippen LogP contribution in [0, 0.1) is 11.6 Å². The number of rotatable bonds is 7. The van der Waals surface area contributed by atoms with E-state index in [2.05, 4.69) is 10.6 Å². The molecule has 0 bridgehead atoms. The number of benzene rings is 2. The van der Waals surface area contributed by atoms with E-state index in [1.165, 1.54) is 17.4 Å². The van der Waals surface area contributed by atoms with Gasteiger partial charge in [0.15, 0.2) is 11.6 Å². The number of hydrogen-bond acceptors (Lipinski definition) is 4. The van der Waals surface area contributed by atoms with E-state index in [4.69, 9.17) is 0 Å². The van der Waals surface area contributed by atoms with Crippen molar-refractivity contribution in [3.05, 3.63) is 82.1 Å². The first kappa shape index (κ1) is 21.6. The Balaban J connectivity index is 1.53. The van der Waals surface area contributed by atoms with E-state index < -0.39 is 11.6 Å². The Bertz CT molecular complexity index is 1020. The number of nitrogens with zero attached hydrogens (tertiary/aromatic N) is 1. The van der Waals surface area contributed by atoms with Crippen molar-refractivity contribution in [2.75, 3.05) is 24.2 Å². The van der Waals surface area contributed by atoms with Crippen LogP contribution in [-0.4, -0.2) is 30.3 Å². The number of nitrogens with one attached hydrogen (secondary N) is 2. The number of carbonyl (C=O) groups excluding carboxylic acids is 2. The van der Waals surface area contributed by atoms with Crippen LogP contribution in [0.5, 0.6) is 0 Å². The molecule has 0 saturated heterocycles. The fourth-order valence-corrected chi connectivity index (χ4v) is 3.45. The van der Waals surface area contributed by atoms with Gasteiger partial charge in [-0.15, -0.1) is 11.3 Å². The Morgan fingerprint density at radius 2 is 1.67 bits per heavy atom. The topological polar surface area (TPSA) is 61.4 Å². The smallest absolute Gasteiger partial charge is 0.265 e. The fourth-order valence-electron chi connectivity index (χ4n) is 2.83. The highest BCUT2D eigenvalue weighted by molar-refractivity contribution is 7.12. The van der Waals surface area contributed by atoms with Gasteiger partial charge in [-0.25, -0.2) is 8.78 Å². The molecule has 2 aromatic carbocycles. The summed E-state index contributed by atoms with van der Waals surface area (Å²) in [6, 6.07) is 13.8. The number of halogens is 2. The van der Waals surface area contributed by atoms with Crippen LogP contribution in [0.25, 0.3) is 0 Å². The van der Waals surface area contributed by atoms with Crippen LogP contribution in [-0.2, 0) is 4.79 Å². The van der Waals surface area contributed by atoms with Crippen molar-refractivity contribution < 1.29 is 18.4 Å². The highest BCUT2D eigenvalue weighted by Crippen LogP contribution is 2.21. The molecule has 0 aliphatic rings. The zero-order chi connectivity index (χ0) is 21.7. The second-order valence-electron chi connectivity index (χ2n) is 6.82. The van der Waals surface area contributed by atoms with Crippen molar-refractivity contribution >= 4 is 34.5 Å². The standard InChI is InChI=1S/C22H21F2N3O2S/c1-14(15-5-10-18(23)19(24)12-15)27(2)13-21(28)25-16-6-8-17(9-7-16)26-22(29)20-4-3-11-30-20/h3-12,14H,13H2,1-2H3,(H,25,28)(H,26,29). The van der Waals surface area contributed by atoms with Crippen molar-refractivity contribution in [2.45, 2.75) is 13.0 Å². The summed E-state index contributed by atoms with van der Waals surface area (Å²) < 4.78 is 26.6. The van der Waals surface area contributed by atoms with E-state index >= 15 is 0 Å². The van der Waals surface area contributed by atoms with Gasteiger partial charge in [0.05, 0.1) is 11.4 Å². The maximum absolute atomic E-state index is 13.4. The molecule has 1 aromatic heterocycles. The molecule has 1 atom stereocenters. The van der Waals surface area contributed by atoms with Crippen molar-refractivity contribution in [1.82, 2.24) is 4.90 Å². The first-order chi connectivity index (χ1) is 14.3. The second kappa shape index (κ2) is 9.60. The van der Waals surface area contributed by atoms with Gasteiger partial charge in [0, 0.05) is 17.4 Å². The van der Waals surface area contributed by atoms with Crippen LogP contribution < -0.4 is 10.6 Å². The molecule has 1 heterocycles. The van der Waals surface area contributed by atoms with Crippen LogP contribution in [0.1, 0.15) is 28.2 Å². The molecule has 1 unspecified atom stereocenters. The third kappa shape index (κ3) is 5.49. The Morgan fingerprint density at radius 1 is 1.00 bits per heavy atom. The van der Waals surface area contributed by atoms with Gasteiger partial charge >= 0.3 is 0 Å². The second-order valence-corrected chi connectivity index (χ2v) is 7.77. The van der Waals surface area contributed by atoms with Gasteiger partial charge in [-0.05, 0) is 67.4 Å². The van der Waals surface area contributed by atoms with E-state index in [1.54, 1.807) is 42.3 Å². The zero-order valence-corrected chi connectivity index (χ0v) is 17.3. The van der Waals surface area contributed by atoms with Gasteiger partial charge in [-0.3, -0.25) is 14.5 Å². The largest absolute Gasteiger partial charge is 0.325 e. The van der Waals surface area contributed by atoms with Gasteiger partial charge < -0.3 is 10.6 Å². The first-order valence-electron chi connectivity index (χ1n) is 9.23. The lowest BCUT2D eigenvalue weighted by molar-refractivity contribution is -0.117. The predicted molar refractivity (Wildman–Crippen MR) is 115 cm³/mol. The van der Waals surface area contributed by atoms with E-state index in [-0.39, 0.29) is 24.4 Å². The summed E-state index contributed by atoms with van der Waals surface area (Å²) in [6.07, 6.45) is 0. The number of anilines is 2.